The highest BCUT2D eigenvalue weighted by molar-refractivity contribution is 7.92. The summed E-state index contributed by atoms with van der Waals surface area (Å²) in [6.45, 7) is 1.65. The largest absolute Gasteiger partial charge is 0.366 e. The number of anilines is 1. The van der Waals surface area contributed by atoms with Gasteiger partial charge in [0.1, 0.15) is 0 Å². The van der Waals surface area contributed by atoms with E-state index in [2.05, 4.69) is 14.9 Å². The van der Waals surface area contributed by atoms with E-state index in [-0.39, 0.29) is 10.8 Å². The third kappa shape index (κ3) is 2.36. The van der Waals surface area contributed by atoms with Crippen molar-refractivity contribution in [2.75, 3.05) is 4.72 Å². The van der Waals surface area contributed by atoms with Gasteiger partial charge in [-0.15, -0.1) is 0 Å². The second-order valence-corrected chi connectivity index (χ2v) is 4.96. The molecule has 7 nitrogen and oxygen atoms in total. The fourth-order valence-electron chi connectivity index (χ4n) is 1.21. The van der Waals surface area contributed by atoms with E-state index in [0.717, 1.165) is 12.3 Å². The minimum Gasteiger partial charge on any atom is -0.366 e. The van der Waals surface area contributed by atoms with Crippen molar-refractivity contribution in [2.45, 2.75) is 11.8 Å². The molecule has 0 aliphatic carbocycles. The normalized spacial score (nSPS) is 11.4. The van der Waals surface area contributed by atoms with Gasteiger partial charge in [-0.3, -0.25) is 4.79 Å². The van der Waals surface area contributed by atoms with Crippen LogP contribution in [0.1, 0.15) is 5.69 Å². The minimum absolute atomic E-state index is 0.0363. The Morgan fingerprint density at radius 1 is 1.47 bits per heavy atom. The van der Waals surface area contributed by atoms with Crippen LogP contribution in [0.4, 0.5) is 5.88 Å². The number of nitrogens with zero attached hydrogens (tertiary/aromatic N) is 1. The summed E-state index contributed by atoms with van der Waals surface area (Å²) in [5.74, 6) is -0.0363. The maximum atomic E-state index is 11.8. The Hall–Kier alpha value is -2.09. The molecule has 8 heteroatoms. The maximum absolute atomic E-state index is 11.8. The number of nitrogens with one attached hydrogen (secondary N) is 2. The standard InChI is InChI=1S/C9H9N3O4S/c1-6-4-9(16-11-6)12-17(14,15)8-5-10-3-2-7(8)13/h2-5,12H,1H3,(H,10,13). The van der Waals surface area contributed by atoms with Crippen LogP contribution >= 0.6 is 0 Å². The number of aryl methyl sites for hydroxylation is 1. The van der Waals surface area contributed by atoms with Gasteiger partial charge in [-0.2, -0.15) is 0 Å². The van der Waals surface area contributed by atoms with Gasteiger partial charge in [0.15, 0.2) is 4.90 Å². The van der Waals surface area contributed by atoms with E-state index in [1.165, 1.54) is 12.3 Å². The first-order chi connectivity index (χ1) is 7.99. The molecule has 0 aromatic carbocycles. The lowest BCUT2D eigenvalue weighted by Gasteiger charge is -2.02. The van der Waals surface area contributed by atoms with E-state index in [1.807, 2.05) is 0 Å². The van der Waals surface area contributed by atoms with Crippen molar-refractivity contribution in [3.05, 3.63) is 40.4 Å². The molecule has 90 valence electrons. The van der Waals surface area contributed by atoms with Crippen molar-refractivity contribution < 1.29 is 12.9 Å². The van der Waals surface area contributed by atoms with Crippen LogP contribution in [0.15, 0.2) is 38.7 Å². The molecule has 2 rings (SSSR count). The first kappa shape index (κ1) is 11.4. The van der Waals surface area contributed by atoms with E-state index in [0.29, 0.717) is 5.69 Å². The van der Waals surface area contributed by atoms with Gasteiger partial charge in [0, 0.05) is 24.5 Å². The van der Waals surface area contributed by atoms with Crippen LogP contribution in [0, 0.1) is 6.92 Å². The molecule has 0 atom stereocenters. The Kier molecular flexibility index (Phi) is 2.72. The molecule has 0 saturated carbocycles. The SMILES string of the molecule is Cc1cc(NS(=O)(=O)c2c[nH]ccc2=O)on1. The third-order valence-electron chi connectivity index (χ3n) is 1.94. The molecule has 0 amide bonds. The molecular formula is C9H9N3O4S. The highest BCUT2D eigenvalue weighted by Crippen LogP contribution is 2.13. The van der Waals surface area contributed by atoms with Crippen molar-refractivity contribution >= 4 is 15.9 Å². The summed E-state index contributed by atoms with van der Waals surface area (Å²) in [6.07, 6.45) is 2.45. The Labute approximate surface area is 96.5 Å². The van der Waals surface area contributed by atoms with Crippen molar-refractivity contribution in [2.24, 2.45) is 0 Å². The summed E-state index contributed by atoms with van der Waals surface area (Å²) in [5, 5.41) is 3.53. The lowest BCUT2D eigenvalue weighted by atomic mass is 10.5. The molecule has 0 aliphatic rings. The number of rotatable bonds is 3. The summed E-state index contributed by atoms with van der Waals surface area (Å²) in [6, 6.07) is 2.54. The van der Waals surface area contributed by atoms with E-state index < -0.39 is 15.5 Å². The Bertz CT molecular complexity index is 686. The summed E-state index contributed by atoms with van der Waals surface area (Å²) >= 11 is 0. The van der Waals surface area contributed by atoms with Gasteiger partial charge in [0.2, 0.25) is 11.3 Å². The van der Waals surface area contributed by atoms with Crippen LogP contribution in [0.2, 0.25) is 0 Å². The van der Waals surface area contributed by atoms with E-state index in [1.54, 1.807) is 6.92 Å². The van der Waals surface area contributed by atoms with Crippen LogP contribution in [0.25, 0.3) is 0 Å². The average molecular weight is 255 g/mol. The highest BCUT2D eigenvalue weighted by atomic mass is 32.2. The van der Waals surface area contributed by atoms with Gasteiger partial charge in [0.05, 0.1) is 5.69 Å². The molecule has 2 aromatic heterocycles. The van der Waals surface area contributed by atoms with Gasteiger partial charge >= 0.3 is 0 Å². The molecule has 0 spiro atoms. The molecule has 2 heterocycles. The molecule has 0 saturated heterocycles. The number of aromatic nitrogens is 2. The van der Waals surface area contributed by atoms with E-state index >= 15 is 0 Å². The van der Waals surface area contributed by atoms with Gasteiger partial charge in [-0.1, -0.05) is 5.16 Å². The van der Waals surface area contributed by atoms with Crippen LogP contribution in [-0.2, 0) is 10.0 Å². The van der Waals surface area contributed by atoms with Crippen LogP contribution in [0.3, 0.4) is 0 Å². The zero-order valence-corrected chi connectivity index (χ0v) is 9.61. The third-order valence-corrected chi connectivity index (χ3v) is 3.31. The summed E-state index contributed by atoms with van der Waals surface area (Å²) in [7, 11) is -3.96. The van der Waals surface area contributed by atoms with Gasteiger partial charge in [-0.05, 0) is 6.92 Å². The van der Waals surface area contributed by atoms with Crippen molar-refractivity contribution in [1.29, 1.82) is 0 Å². The van der Waals surface area contributed by atoms with Crippen molar-refractivity contribution in [3.63, 3.8) is 0 Å². The number of aromatic amines is 1. The second kappa shape index (κ2) is 4.06. The summed E-state index contributed by atoms with van der Waals surface area (Å²) < 4.78 is 30.5. The summed E-state index contributed by atoms with van der Waals surface area (Å²) in [5.41, 5.74) is -0.0721. The molecule has 0 fully saturated rings. The highest BCUT2D eigenvalue weighted by Gasteiger charge is 2.19. The predicted molar refractivity (Wildman–Crippen MR) is 59.1 cm³/mol. The predicted octanol–water partition coefficient (Wildman–Crippen LogP) is 0.472. The number of sulfonamides is 1. The lowest BCUT2D eigenvalue weighted by Crippen LogP contribution is -2.20. The van der Waals surface area contributed by atoms with Crippen molar-refractivity contribution in [3.8, 4) is 0 Å². The van der Waals surface area contributed by atoms with E-state index in [4.69, 9.17) is 4.52 Å². The molecular weight excluding hydrogens is 246 g/mol. The summed E-state index contributed by atoms with van der Waals surface area (Å²) in [4.78, 5) is 13.5. The monoisotopic (exact) mass is 255 g/mol. The topological polar surface area (TPSA) is 105 Å². The number of hydrogen-bond acceptors (Lipinski definition) is 5. The van der Waals surface area contributed by atoms with Crippen LogP contribution in [0.5, 0.6) is 0 Å². The quantitative estimate of drug-likeness (QED) is 0.829. The Morgan fingerprint density at radius 2 is 2.24 bits per heavy atom. The smallest absolute Gasteiger partial charge is 0.269 e. The fraction of sp³-hybridized carbons (Fsp3) is 0.111. The first-order valence-corrected chi connectivity index (χ1v) is 6.10. The van der Waals surface area contributed by atoms with Gasteiger partial charge in [0.25, 0.3) is 10.0 Å². The number of H-pyrrole nitrogens is 1. The van der Waals surface area contributed by atoms with Gasteiger partial charge < -0.3 is 9.51 Å². The molecule has 0 bridgehead atoms. The average Bonchev–Trinajstić information content (AvgIpc) is 2.63. The minimum atomic E-state index is -3.96. The molecule has 0 unspecified atom stereocenters. The zero-order chi connectivity index (χ0) is 12.5. The molecule has 2 aromatic rings. The first-order valence-electron chi connectivity index (χ1n) is 4.62. The Balaban J connectivity index is 2.38. The zero-order valence-electron chi connectivity index (χ0n) is 8.80. The lowest BCUT2D eigenvalue weighted by molar-refractivity contribution is 0.430. The molecule has 0 aliphatic heterocycles. The van der Waals surface area contributed by atoms with Crippen LogP contribution in [-0.4, -0.2) is 18.6 Å². The number of pyridine rings is 1. The molecule has 0 radical (unpaired) electrons. The second-order valence-electron chi connectivity index (χ2n) is 3.31. The van der Waals surface area contributed by atoms with E-state index in [9.17, 15) is 13.2 Å². The number of hydrogen-bond donors (Lipinski definition) is 2. The Morgan fingerprint density at radius 3 is 2.82 bits per heavy atom. The molecule has 2 N–H and O–H groups in total. The molecule has 17 heavy (non-hydrogen) atoms. The van der Waals surface area contributed by atoms with Crippen LogP contribution < -0.4 is 10.2 Å². The fourth-order valence-corrected chi connectivity index (χ4v) is 2.24. The maximum Gasteiger partial charge on any atom is 0.269 e. The van der Waals surface area contributed by atoms with Gasteiger partial charge in [-0.25, -0.2) is 13.1 Å². The van der Waals surface area contributed by atoms with Crippen molar-refractivity contribution in [1.82, 2.24) is 10.1 Å².